The van der Waals surface area contributed by atoms with E-state index in [2.05, 4.69) is 20.9 Å². The number of nitrogens with zero attached hydrogens (tertiary/aromatic N) is 2. The largest absolute Gasteiger partial charge is 0.375 e. The van der Waals surface area contributed by atoms with Crippen molar-refractivity contribution in [3.63, 3.8) is 0 Å². The number of hydrogen-bond acceptors (Lipinski definition) is 3. The van der Waals surface area contributed by atoms with Crippen molar-refractivity contribution in [2.75, 3.05) is 26.8 Å². The van der Waals surface area contributed by atoms with Crippen molar-refractivity contribution < 1.29 is 9.53 Å². The van der Waals surface area contributed by atoms with Gasteiger partial charge in [-0.3, -0.25) is 4.79 Å². The van der Waals surface area contributed by atoms with Crippen LogP contribution in [0.5, 0.6) is 0 Å². The summed E-state index contributed by atoms with van der Waals surface area (Å²) in [5, 5.41) is 0. The molecule has 1 aliphatic rings. The summed E-state index contributed by atoms with van der Waals surface area (Å²) in [7, 11) is 1.55. The van der Waals surface area contributed by atoms with Crippen molar-refractivity contribution in [1.29, 1.82) is 0 Å². The van der Waals surface area contributed by atoms with Gasteiger partial charge in [-0.1, -0.05) is 6.07 Å². The van der Waals surface area contributed by atoms with Crippen LogP contribution in [0.15, 0.2) is 22.8 Å². The minimum atomic E-state index is 0.0854. The zero-order valence-electron chi connectivity index (χ0n) is 10.4. The summed E-state index contributed by atoms with van der Waals surface area (Å²) in [6, 6.07) is 5.95. The van der Waals surface area contributed by atoms with Gasteiger partial charge in [-0.2, -0.15) is 0 Å². The molecule has 1 saturated heterocycles. The van der Waals surface area contributed by atoms with Gasteiger partial charge in [0.15, 0.2) is 0 Å². The van der Waals surface area contributed by atoms with Crippen LogP contribution in [0.1, 0.15) is 12.1 Å². The van der Waals surface area contributed by atoms with Crippen molar-refractivity contribution in [3.05, 3.63) is 28.5 Å². The number of ether oxygens (including phenoxy) is 1. The fourth-order valence-electron chi connectivity index (χ4n) is 2.30. The highest BCUT2D eigenvalue weighted by Crippen LogP contribution is 2.20. The minimum absolute atomic E-state index is 0.0854. The van der Waals surface area contributed by atoms with Crippen LogP contribution in [0.3, 0.4) is 0 Å². The molecule has 0 unspecified atom stereocenters. The van der Waals surface area contributed by atoms with Crippen LogP contribution in [-0.4, -0.2) is 42.6 Å². The van der Waals surface area contributed by atoms with Gasteiger partial charge in [0, 0.05) is 25.9 Å². The second kappa shape index (κ2) is 6.29. The highest BCUT2D eigenvalue weighted by atomic mass is 79.9. The van der Waals surface area contributed by atoms with Gasteiger partial charge in [0.25, 0.3) is 0 Å². The predicted octanol–water partition coefficient (Wildman–Crippen LogP) is 1.88. The zero-order chi connectivity index (χ0) is 13.0. The number of amides is 1. The van der Waals surface area contributed by atoms with Crippen molar-refractivity contribution in [3.8, 4) is 0 Å². The van der Waals surface area contributed by atoms with Crippen molar-refractivity contribution in [1.82, 2.24) is 9.88 Å². The van der Waals surface area contributed by atoms with E-state index >= 15 is 0 Å². The average molecular weight is 313 g/mol. The first-order valence-corrected chi connectivity index (χ1v) is 6.86. The topological polar surface area (TPSA) is 42.4 Å². The number of carbonyl (C=O) groups is 1. The Hall–Kier alpha value is -0.940. The molecule has 0 N–H and O–H groups in total. The van der Waals surface area contributed by atoms with Crippen LogP contribution < -0.4 is 0 Å². The van der Waals surface area contributed by atoms with Gasteiger partial charge in [-0.05, 0) is 46.8 Å². The van der Waals surface area contributed by atoms with E-state index in [1.54, 1.807) is 7.11 Å². The maximum atomic E-state index is 11.7. The molecule has 0 saturated carbocycles. The number of aromatic nitrogens is 1. The first-order chi connectivity index (χ1) is 8.69. The number of carbonyl (C=O) groups excluding carboxylic acids is 1. The molecule has 1 aromatic rings. The minimum Gasteiger partial charge on any atom is -0.375 e. The Labute approximate surface area is 115 Å². The van der Waals surface area contributed by atoms with Crippen LogP contribution in [0, 0.1) is 5.92 Å². The van der Waals surface area contributed by atoms with Gasteiger partial charge in [-0.15, -0.1) is 0 Å². The maximum absolute atomic E-state index is 11.7. The van der Waals surface area contributed by atoms with E-state index in [9.17, 15) is 4.79 Å². The highest BCUT2D eigenvalue weighted by Gasteiger charge is 2.26. The lowest BCUT2D eigenvalue weighted by Gasteiger charge is -2.15. The van der Waals surface area contributed by atoms with E-state index in [-0.39, 0.29) is 12.5 Å². The van der Waals surface area contributed by atoms with Gasteiger partial charge >= 0.3 is 0 Å². The molecule has 5 heteroatoms. The summed E-state index contributed by atoms with van der Waals surface area (Å²) < 4.78 is 5.74. The van der Waals surface area contributed by atoms with Gasteiger partial charge < -0.3 is 9.64 Å². The third-order valence-corrected chi connectivity index (χ3v) is 3.62. The first-order valence-electron chi connectivity index (χ1n) is 6.07. The molecule has 1 aliphatic heterocycles. The third kappa shape index (κ3) is 3.53. The number of hydrogen-bond donors (Lipinski definition) is 0. The standard InChI is InChI=1S/C13H17BrN2O2/c1-18-9-13(17)16-6-5-10(8-16)7-11-3-2-4-12(14)15-11/h2-4,10H,5-9H2,1H3/t10-/m1/s1. The molecule has 0 radical (unpaired) electrons. The summed E-state index contributed by atoms with van der Waals surface area (Å²) in [6.07, 6.45) is 1.97. The summed E-state index contributed by atoms with van der Waals surface area (Å²) in [4.78, 5) is 18.0. The van der Waals surface area contributed by atoms with Gasteiger partial charge in [0.1, 0.15) is 11.2 Å². The Morgan fingerprint density at radius 1 is 1.61 bits per heavy atom. The van der Waals surface area contributed by atoms with E-state index in [1.807, 2.05) is 23.1 Å². The van der Waals surface area contributed by atoms with E-state index in [0.717, 1.165) is 36.2 Å². The summed E-state index contributed by atoms with van der Waals surface area (Å²) in [6.45, 7) is 1.83. The molecular formula is C13H17BrN2O2. The fraction of sp³-hybridized carbons (Fsp3) is 0.538. The van der Waals surface area contributed by atoms with Gasteiger partial charge in [0.2, 0.25) is 5.91 Å². The smallest absolute Gasteiger partial charge is 0.248 e. The molecule has 1 amide bonds. The SMILES string of the molecule is COCC(=O)N1CC[C@H](Cc2cccc(Br)n2)C1. The lowest BCUT2D eigenvalue weighted by atomic mass is 10.0. The number of methoxy groups -OCH3 is 1. The summed E-state index contributed by atoms with van der Waals surface area (Å²) >= 11 is 3.37. The molecule has 18 heavy (non-hydrogen) atoms. The quantitative estimate of drug-likeness (QED) is 0.797. The van der Waals surface area contributed by atoms with Crippen LogP contribution >= 0.6 is 15.9 Å². The van der Waals surface area contributed by atoms with Crippen molar-refractivity contribution in [2.24, 2.45) is 5.92 Å². The number of pyridine rings is 1. The van der Waals surface area contributed by atoms with Gasteiger partial charge in [0.05, 0.1) is 0 Å². The maximum Gasteiger partial charge on any atom is 0.248 e. The molecule has 2 rings (SSSR count). The summed E-state index contributed by atoms with van der Waals surface area (Å²) in [5.41, 5.74) is 1.08. The molecule has 1 atom stereocenters. The van der Waals surface area contributed by atoms with E-state index in [0.29, 0.717) is 5.92 Å². The Morgan fingerprint density at radius 2 is 2.44 bits per heavy atom. The molecule has 1 aromatic heterocycles. The Bertz CT molecular complexity index is 425. The monoisotopic (exact) mass is 312 g/mol. The molecule has 4 nitrogen and oxygen atoms in total. The molecule has 98 valence electrons. The Kier molecular flexibility index (Phi) is 4.72. The molecular weight excluding hydrogens is 296 g/mol. The molecule has 0 aliphatic carbocycles. The molecule has 1 fully saturated rings. The number of rotatable bonds is 4. The Morgan fingerprint density at radius 3 is 3.17 bits per heavy atom. The van der Waals surface area contributed by atoms with Crippen molar-refractivity contribution >= 4 is 21.8 Å². The second-order valence-corrected chi connectivity index (χ2v) is 5.40. The van der Waals surface area contributed by atoms with E-state index < -0.39 is 0 Å². The average Bonchev–Trinajstić information content (AvgIpc) is 2.78. The van der Waals surface area contributed by atoms with Crippen LogP contribution in [-0.2, 0) is 16.0 Å². The zero-order valence-corrected chi connectivity index (χ0v) is 12.0. The van der Waals surface area contributed by atoms with Crippen LogP contribution in [0.4, 0.5) is 0 Å². The lowest BCUT2D eigenvalue weighted by Crippen LogP contribution is -2.31. The predicted molar refractivity (Wildman–Crippen MR) is 72.2 cm³/mol. The third-order valence-electron chi connectivity index (χ3n) is 3.18. The van der Waals surface area contributed by atoms with Crippen LogP contribution in [0.2, 0.25) is 0 Å². The van der Waals surface area contributed by atoms with E-state index in [1.165, 1.54) is 0 Å². The summed E-state index contributed by atoms with van der Waals surface area (Å²) in [5.74, 6) is 0.592. The molecule has 0 bridgehead atoms. The van der Waals surface area contributed by atoms with E-state index in [4.69, 9.17) is 4.74 Å². The van der Waals surface area contributed by atoms with Crippen molar-refractivity contribution in [2.45, 2.75) is 12.8 Å². The Balaban J connectivity index is 1.88. The second-order valence-electron chi connectivity index (χ2n) is 4.58. The normalized spacial score (nSPS) is 19.2. The highest BCUT2D eigenvalue weighted by molar-refractivity contribution is 9.10. The number of halogens is 1. The number of likely N-dealkylation sites (tertiary alicyclic amines) is 1. The van der Waals surface area contributed by atoms with Gasteiger partial charge in [-0.25, -0.2) is 4.98 Å². The molecule has 2 heterocycles. The van der Waals surface area contributed by atoms with Crippen LogP contribution in [0.25, 0.3) is 0 Å². The first kappa shape index (κ1) is 13.5. The lowest BCUT2D eigenvalue weighted by molar-refractivity contribution is -0.134. The fourth-order valence-corrected chi connectivity index (χ4v) is 2.68. The molecule has 0 aromatic carbocycles. The molecule has 0 spiro atoms.